The van der Waals surface area contributed by atoms with Crippen LogP contribution in [0.25, 0.3) is 0 Å². The molecule has 5 heteroatoms. The zero-order valence-electron chi connectivity index (χ0n) is 57.3. The Balaban J connectivity index is 0.000000473. The topological polar surface area (TPSA) is 0 Å². The first-order valence-electron chi connectivity index (χ1n) is 32.6. The Labute approximate surface area is 519 Å². The number of halogens is 5. The Bertz CT molecular complexity index is 2300. The molecule has 6 aromatic rings. The van der Waals surface area contributed by atoms with Crippen LogP contribution in [0.2, 0.25) is 0 Å². The van der Waals surface area contributed by atoms with Gasteiger partial charge in [-0.1, -0.05) is 277 Å². The van der Waals surface area contributed by atoms with E-state index in [-0.39, 0.29) is 17.5 Å². The van der Waals surface area contributed by atoms with Crippen molar-refractivity contribution < 1.29 is 22.0 Å². The van der Waals surface area contributed by atoms with E-state index in [2.05, 4.69) is 132 Å². The molecule has 474 valence electrons. The SMILES string of the molecule is CC1CCC(C)CC1.CC1CCC(C)CC1.CC1CCC(C)CC1.CC1CCC(C)CC1.Cc1ccc(C)c(F)c1.Cc1ccc(C)c(F)c1.Cc1ccc(C)c(F)c1.Cc1ccc(C)c(F)c1F.Cc1ccc(C)cc1.Cc1ccc(C)cc1. The van der Waals surface area contributed by atoms with Gasteiger partial charge < -0.3 is 0 Å². The second-order valence-corrected chi connectivity index (χ2v) is 26.9. The van der Waals surface area contributed by atoms with Gasteiger partial charge in [0.25, 0.3) is 0 Å². The van der Waals surface area contributed by atoms with Crippen molar-refractivity contribution in [2.24, 2.45) is 47.3 Å². The maximum Gasteiger partial charge on any atom is 0.161 e. The second-order valence-electron chi connectivity index (χ2n) is 26.9. The van der Waals surface area contributed by atoms with Crippen LogP contribution in [-0.4, -0.2) is 0 Å². The Morgan fingerprint density at radius 2 is 0.329 bits per heavy atom. The molecule has 0 unspecified atom stereocenters. The maximum atomic E-state index is 12.6. The van der Waals surface area contributed by atoms with Crippen molar-refractivity contribution in [1.29, 1.82) is 0 Å². The number of hydrogen-bond donors (Lipinski definition) is 0. The van der Waals surface area contributed by atoms with Gasteiger partial charge in [0, 0.05) is 0 Å². The van der Waals surface area contributed by atoms with Gasteiger partial charge in [-0.15, -0.1) is 0 Å². The summed E-state index contributed by atoms with van der Waals surface area (Å²) in [5.74, 6) is 6.34. The third-order valence-corrected chi connectivity index (χ3v) is 17.1. The van der Waals surface area contributed by atoms with Gasteiger partial charge in [0.15, 0.2) is 11.6 Å². The largest absolute Gasteiger partial charge is 0.207 e. The van der Waals surface area contributed by atoms with Crippen LogP contribution in [0.4, 0.5) is 22.0 Å². The van der Waals surface area contributed by atoms with Crippen LogP contribution in [0.3, 0.4) is 0 Å². The molecule has 85 heavy (non-hydrogen) atoms. The lowest BCUT2D eigenvalue weighted by Crippen LogP contribution is -2.08. The highest BCUT2D eigenvalue weighted by Gasteiger charge is 2.16. The normalized spacial score (nSPS) is 21.0. The smallest absolute Gasteiger partial charge is 0.161 e. The van der Waals surface area contributed by atoms with E-state index in [1.807, 2.05) is 39.0 Å². The zero-order chi connectivity index (χ0) is 64.2. The molecule has 0 spiro atoms. The molecule has 10 rings (SSSR count). The molecule has 0 atom stereocenters. The van der Waals surface area contributed by atoms with E-state index in [0.29, 0.717) is 27.8 Å². The van der Waals surface area contributed by atoms with Crippen molar-refractivity contribution in [2.45, 2.75) is 241 Å². The molecule has 0 N–H and O–H groups in total. The molecule has 4 fully saturated rings. The molecule has 0 saturated heterocycles. The van der Waals surface area contributed by atoms with Crippen LogP contribution < -0.4 is 0 Å². The van der Waals surface area contributed by atoms with E-state index in [4.69, 9.17) is 0 Å². The number of benzene rings is 6. The molecular weight excluding hydrogens is 1060 g/mol. The second kappa shape index (κ2) is 43.6. The van der Waals surface area contributed by atoms with Gasteiger partial charge in [0.1, 0.15) is 17.5 Å². The van der Waals surface area contributed by atoms with Crippen molar-refractivity contribution in [3.8, 4) is 0 Å². The molecular formula is C80H119F5. The summed E-state index contributed by atoms with van der Waals surface area (Å²) in [6.07, 6.45) is 23.6. The minimum absolute atomic E-state index is 0.116. The van der Waals surface area contributed by atoms with E-state index >= 15 is 0 Å². The predicted octanol–water partition coefficient (Wildman–Crippen LogP) is 25.8. The van der Waals surface area contributed by atoms with Crippen molar-refractivity contribution in [3.05, 3.63) is 211 Å². The highest BCUT2D eigenvalue weighted by Crippen LogP contribution is 2.30. The number of rotatable bonds is 0. The highest BCUT2D eigenvalue weighted by molar-refractivity contribution is 5.25. The summed E-state index contributed by atoms with van der Waals surface area (Å²) >= 11 is 0. The molecule has 0 amide bonds. The number of hydrogen-bond acceptors (Lipinski definition) is 0. The Morgan fingerprint density at radius 1 is 0.200 bits per heavy atom. The van der Waals surface area contributed by atoms with Gasteiger partial charge in [0.2, 0.25) is 0 Å². The van der Waals surface area contributed by atoms with Crippen molar-refractivity contribution in [2.75, 3.05) is 0 Å². The minimum Gasteiger partial charge on any atom is -0.207 e. The van der Waals surface area contributed by atoms with Crippen LogP contribution >= 0.6 is 0 Å². The third kappa shape index (κ3) is 38.0. The van der Waals surface area contributed by atoms with E-state index in [0.717, 1.165) is 64.0 Å². The molecule has 0 bridgehead atoms. The number of aryl methyl sites for hydroxylation is 12. The molecule has 0 aromatic heterocycles. The van der Waals surface area contributed by atoms with Crippen molar-refractivity contribution in [1.82, 2.24) is 0 Å². The molecule has 6 aromatic carbocycles. The standard InChI is InChI=1S/C8H8F2.3C8H9F.4C8H16.2C8H10/c1-5-3-4-6(2)8(10)7(5)9;3*1-6-3-4-7(2)8(9)5-6;6*1-7-3-5-8(2)6-4-7/h3-4H,1-2H3;3*3-5H,1-2H3;4*7-8H,3-6H2,1-2H3;2*3-6H,1-2H3. The van der Waals surface area contributed by atoms with Gasteiger partial charge in [-0.05, 0) is 193 Å². The lowest BCUT2D eigenvalue weighted by molar-refractivity contribution is 0.308. The molecule has 4 aliphatic carbocycles. The van der Waals surface area contributed by atoms with E-state index in [1.165, 1.54) is 157 Å². The van der Waals surface area contributed by atoms with Crippen LogP contribution in [0.1, 0.15) is 225 Å². The summed E-state index contributed by atoms with van der Waals surface area (Å²) < 4.78 is 63.0. The van der Waals surface area contributed by atoms with Crippen LogP contribution in [-0.2, 0) is 0 Å². The molecule has 4 aliphatic rings. The van der Waals surface area contributed by atoms with Gasteiger partial charge in [0.05, 0.1) is 0 Å². The molecule has 4 saturated carbocycles. The van der Waals surface area contributed by atoms with E-state index < -0.39 is 11.6 Å². The minimum atomic E-state index is -0.736. The average Bonchev–Trinajstić information content (AvgIpc) is 3.68. The maximum absolute atomic E-state index is 12.6. The van der Waals surface area contributed by atoms with Crippen molar-refractivity contribution >= 4 is 0 Å². The molecule has 0 nitrogen and oxygen atoms in total. The summed E-state index contributed by atoms with van der Waals surface area (Å²) in [7, 11) is 0. The summed E-state index contributed by atoms with van der Waals surface area (Å²) in [6.45, 7) is 41.3. The highest BCUT2D eigenvalue weighted by atomic mass is 19.2. The van der Waals surface area contributed by atoms with Gasteiger partial charge >= 0.3 is 0 Å². The van der Waals surface area contributed by atoms with Crippen LogP contribution in [0, 0.1) is 160 Å². The van der Waals surface area contributed by atoms with E-state index in [1.54, 1.807) is 51.1 Å². The average molecular weight is 1180 g/mol. The lowest BCUT2D eigenvalue weighted by Gasteiger charge is -2.22. The van der Waals surface area contributed by atoms with E-state index in [9.17, 15) is 22.0 Å². The third-order valence-electron chi connectivity index (χ3n) is 17.1. The van der Waals surface area contributed by atoms with Gasteiger partial charge in [-0.25, -0.2) is 22.0 Å². The molecule has 0 heterocycles. The Morgan fingerprint density at radius 3 is 0.459 bits per heavy atom. The van der Waals surface area contributed by atoms with Gasteiger partial charge in [-0.3, -0.25) is 0 Å². The predicted molar refractivity (Wildman–Crippen MR) is 362 cm³/mol. The van der Waals surface area contributed by atoms with Crippen molar-refractivity contribution in [3.63, 3.8) is 0 Å². The fraction of sp³-hybridized carbons (Fsp3) is 0.550. The fourth-order valence-corrected chi connectivity index (χ4v) is 9.82. The molecule has 0 radical (unpaired) electrons. The summed E-state index contributed by atoms with van der Waals surface area (Å²) in [5.41, 5.74) is 11.1. The first kappa shape index (κ1) is 78.0. The summed E-state index contributed by atoms with van der Waals surface area (Å²) in [4.78, 5) is 0. The van der Waals surface area contributed by atoms with Crippen LogP contribution in [0.15, 0.2) is 115 Å². The Hall–Kier alpha value is -5.03. The van der Waals surface area contributed by atoms with Gasteiger partial charge in [-0.2, -0.15) is 0 Å². The monoisotopic (exact) mass is 1170 g/mol. The first-order chi connectivity index (χ1) is 39.9. The van der Waals surface area contributed by atoms with Crippen LogP contribution in [0.5, 0.6) is 0 Å². The lowest BCUT2D eigenvalue weighted by atomic mass is 9.84. The zero-order valence-corrected chi connectivity index (χ0v) is 57.3. The Kier molecular flexibility index (Phi) is 40.0. The summed E-state index contributed by atoms with van der Waals surface area (Å²) in [5, 5.41) is 0. The first-order valence-corrected chi connectivity index (χ1v) is 32.6. The summed E-state index contributed by atoms with van der Waals surface area (Å²) in [6, 6.07) is 35.8. The quantitative estimate of drug-likeness (QED) is 0.133. The fourth-order valence-electron chi connectivity index (χ4n) is 9.82. The molecule has 0 aliphatic heterocycles.